The monoisotopic (exact) mass is 350 g/mol. The highest BCUT2D eigenvalue weighted by Crippen LogP contribution is 2.41. The van der Waals surface area contributed by atoms with Gasteiger partial charge >= 0.3 is 0 Å². The summed E-state index contributed by atoms with van der Waals surface area (Å²) in [6, 6.07) is 9.38. The zero-order chi connectivity index (χ0) is 16.8. The molecule has 6 nitrogen and oxygen atoms in total. The highest BCUT2D eigenvalue weighted by Gasteiger charge is 2.30. The Labute approximate surface area is 146 Å². The number of rotatable bonds is 4. The van der Waals surface area contributed by atoms with Crippen molar-refractivity contribution in [2.45, 2.75) is 18.8 Å². The van der Waals surface area contributed by atoms with Crippen LogP contribution in [0.2, 0.25) is 0 Å². The standard InChI is InChI=1S/C18H14N4O2S/c23-16(12-2-1-3-13-11(12)6-8-19-13)20-14-7-9-25-15(14)18-22-21-17(24-18)10-4-5-10/h1-3,6-10,19H,4-5H2,(H,20,23). The van der Waals surface area contributed by atoms with Crippen LogP contribution in [0.25, 0.3) is 21.7 Å². The van der Waals surface area contributed by atoms with Crippen molar-refractivity contribution in [2.24, 2.45) is 0 Å². The van der Waals surface area contributed by atoms with E-state index in [-0.39, 0.29) is 5.91 Å². The van der Waals surface area contributed by atoms with Crippen LogP contribution in [0.15, 0.2) is 46.3 Å². The molecule has 0 bridgehead atoms. The van der Waals surface area contributed by atoms with Gasteiger partial charge in [0.2, 0.25) is 5.89 Å². The van der Waals surface area contributed by atoms with Gasteiger partial charge in [-0.05, 0) is 42.5 Å². The summed E-state index contributed by atoms with van der Waals surface area (Å²) in [6.45, 7) is 0. The van der Waals surface area contributed by atoms with Gasteiger partial charge in [-0.2, -0.15) is 0 Å². The van der Waals surface area contributed by atoms with Gasteiger partial charge in [0.1, 0.15) is 4.88 Å². The average Bonchev–Trinajstić information content (AvgIpc) is 3.05. The lowest BCUT2D eigenvalue weighted by molar-refractivity contribution is 0.102. The third-order valence-electron chi connectivity index (χ3n) is 4.31. The Morgan fingerprint density at radius 3 is 3.04 bits per heavy atom. The van der Waals surface area contributed by atoms with Gasteiger partial charge in [0.05, 0.1) is 5.69 Å². The van der Waals surface area contributed by atoms with Crippen LogP contribution in [0.4, 0.5) is 5.69 Å². The van der Waals surface area contributed by atoms with Gasteiger partial charge in [0.25, 0.3) is 11.8 Å². The van der Waals surface area contributed by atoms with E-state index >= 15 is 0 Å². The molecular weight excluding hydrogens is 336 g/mol. The number of amides is 1. The van der Waals surface area contributed by atoms with Crippen molar-refractivity contribution in [3.8, 4) is 10.8 Å². The predicted octanol–water partition coefficient (Wildman–Crippen LogP) is 4.41. The Kier molecular flexibility index (Phi) is 3.21. The fraction of sp³-hybridized carbons (Fsp3) is 0.167. The number of hydrogen-bond donors (Lipinski definition) is 2. The first kappa shape index (κ1) is 14.4. The molecule has 0 spiro atoms. The number of aromatic nitrogens is 3. The van der Waals surface area contributed by atoms with Gasteiger partial charge in [-0.25, -0.2) is 0 Å². The molecule has 124 valence electrons. The maximum absolute atomic E-state index is 12.7. The van der Waals surface area contributed by atoms with Crippen molar-refractivity contribution in [1.82, 2.24) is 15.2 Å². The average molecular weight is 350 g/mol. The first-order chi connectivity index (χ1) is 12.3. The fourth-order valence-electron chi connectivity index (χ4n) is 2.87. The van der Waals surface area contributed by atoms with Crippen LogP contribution < -0.4 is 5.32 Å². The Balaban J connectivity index is 1.45. The van der Waals surface area contributed by atoms with Crippen LogP contribution in [0.3, 0.4) is 0 Å². The Hall–Kier alpha value is -2.93. The quantitative estimate of drug-likeness (QED) is 0.571. The van der Waals surface area contributed by atoms with Gasteiger partial charge in [-0.1, -0.05) is 6.07 Å². The van der Waals surface area contributed by atoms with Gasteiger partial charge in [0, 0.05) is 28.6 Å². The molecule has 1 saturated carbocycles. The minimum absolute atomic E-state index is 0.160. The summed E-state index contributed by atoms with van der Waals surface area (Å²) in [7, 11) is 0. The number of H-pyrrole nitrogens is 1. The number of thiophene rings is 1. The van der Waals surface area contributed by atoms with Crippen LogP contribution in [0.1, 0.15) is 35.0 Å². The second-order valence-electron chi connectivity index (χ2n) is 6.08. The number of anilines is 1. The molecule has 25 heavy (non-hydrogen) atoms. The molecule has 3 aromatic heterocycles. The fourth-order valence-corrected chi connectivity index (χ4v) is 3.64. The van der Waals surface area contributed by atoms with Crippen molar-refractivity contribution < 1.29 is 9.21 Å². The number of nitrogens with zero attached hydrogens (tertiary/aromatic N) is 2. The molecule has 0 atom stereocenters. The van der Waals surface area contributed by atoms with Crippen LogP contribution >= 0.6 is 11.3 Å². The number of fused-ring (bicyclic) bond motifs is 1. The molecule has 5 rings (SSSR count). The van der Waals surface area contributed by atoms with E-state index in [0.29, 0.717) is 29.0 Å². The van der Waals surface area contributed by atoms with Gasteiger partial charge < -0.3 is 14.7 Å². The smallest absolute Gasteiger partial charge is 0.259 e. The summed E-state index contributed by atoms with van der Waals surface area (Å²) < 4.78 is 5.77. The summed E-state index contributed by atoms with van der Waals surface area (Å²) in [5.74, 6) is 1.40. The summed E-state index contributed by atoms with van der Waals surface area (Å²) in [4.78, 5) is 16.6. The molecule has 0 saturated heterocycles. The molecule has 2 N–H and O–H groups in total. The summed E-state index contributed by atoms with van der Waals surface area (Å²) in [5.41, 5.74) is 2.25. The van der Waals surface area contributed by atoms with Crippen LogP contribution in [-0.2, 0) is 0 Å². The van der Waals surface area contributed by atoms with Gasteiger partial charge in [0.15, 0.2) is 0 Å². The zero-order valence-corrected chi connectivity index (χ0v) is 14.0. The lowest BCUT2D eigenvalue weighted by Gasteiger charge is -2.06. The second kappa shape index (κ2) is 5.56. The van der Waals surface area contributed by atoms with Crippen molar-refractivity contribution >= 4 is 33.8 Å². The van der Waals surface area contributed by atoms with Crippen molar-refractivity contribution in [2.75, 3.05) is 5.32 Å². The number of carbonyl (C=O) groups is 1. The maximum atomic E-state index is 12.7. The van der Waals surface area contributed by atoms with Gasteiger partial charge in [-0.15, -0.1) is 21.5 Å². The largest absolute Gasteiger partial charge is 0.420 e. The molecule has 4 aromatic rings. The summed E-state index contributed by atoms with van der Waals surface area (Å²) in [5, 5.41) is 14.0. The SMILES string of the molecule is O=C(Nc1ccsc1-c1nnc(C2CC2)o1)c1cccc2[nH]ccc12. The molecule has 7 heteroatoms. The molecule has 3 heterocycles. The first-order valence-corrected chi connectivity index (χ1v) is 8.96. The summed E-state index contributed by atoms with van der Waals surface area (Å²) in [6.07, 6.45) is 4.04. The molecule has 0 unspecified atom stereocenters. The molecule has 1 aliphatic rings. The summed E-state index contributed by atoms with van der Waals surface area (Å²) >= 11 is 1.47. The highest BCUT2D eigenvalue weighted by molar-refractivity contribution is 7.14. The molecule has 0 radical (unpaired) electrons. The second-order valence-corrected chi connectivity index (χ2v) is 7.00. The Morgan fingerprint density at radius 1 is 1.24 bits per heavy atom. The molecular formula is C18H14N4O2S. The van der Waals surface area contributed by atoms with Crippen LogP contribution in [0.5, 0.6) is 0 Å². The molecule has 0 aliphatic heterocycles. The van der Waals surface area contributed by atoms with E-state index in [1.807, 2.05) is 41.9 Å². The third-order valence-corrected chi connectivity index (χ3v) is 5.22. The van der Waals surface area contributed by atoms with E-state index in [1.54, 1.807) is 0 Å². The van der Waals surface area contributed by atoms with Crippen LogP contribution in [-0.4, -0.2) is 21.1 Å². The lowest BCUT2D eigenvalue weighted by Crippen LogP contribution is -2.12. The maximum Gasteiger partial charge on any atom is 0.259 e. The number of carbonyl (C=O) groups excluding carboxylic acids is 1. The molecule has 1 aliphatic carbocycles. The highest BCUT2D eigenvalue weighted by atomic mass is 32.1. The minimum Gasteiger partial charge on any atom is -0.420 e. The van der Waals surface area contributed by atoms with Crippen molar-refractivity contribution in [3.05, 3.63) is 53.4 Å². The van der Waals surface area contributed by atoms with E-state index in [2.05, 4.69) is 20.5 Å². The molecule has 1 aromatic carbocycles. The normalized spacial score (nSPS) is 14.1. The van der Waals surface area contributed by atoms with E-state index in [1.165, 1.54) is 11.3 Å². The van der Waals surface area contributed by atoms with E-state index in [0.717, 1.165) is 28.6 Å². The number of benzene rings is 1. The van der Waals surface area contributed by atoms with Crippen molar-refractivity contribution in [3.63, 3.8) is 0 Å². The lowest BCUT2D eigenvalue weighted by atomic mass is 10.1. The molecule has 1 amide bonds. The van der Waals surface area contributed by atoms with Crippen LogP contribution in [0, 0.1) is 0 Å². The minimum atomic E-state index is -0.160. The van der Waals surface area contributed by atoms with E-state index in [4.69, 9.17) is 4.42 Å². The number of hydrogen-bond acceptors (Lipinski definition) is 5. The van der Waals surface area contributed by atoms with Gasteiger partial charge in [-0.3, -0.25) is 4.79 Å². The topological polar surface area (TPSA) is 83.8 Å². The molecule has 1 fully saturated rings. The number of nitrogens with one attached hydrogen (secondary N) is 2. The Bertz CT molecular complexity index is 1070. The third kappa shape index (κ3) is 2.53. The van der Waals surface area contributed by atoms with E-state index < -0.39 is 0 Å². The first-order valence-electron chi connectivity index (χ1n) is 8.08. The Morgan fingerprint density at radius 2 is 2.16 bits per heavy atom. The zero-order valence-electron chi connectivity index (χ0n) is 13.2. The number of aromatic amines is 1. The predicted molar refractivity (Wildman–Crippen MR) is 95.8 cm³/mol. The van der Waals surface area contributed by atoms with Crippen molar-refractivity contribution in [1.29, 1.82) is 0 Å². The van der Waals surface area contributed by atoms with E-state index in [9.17, 15) is 4.79 Å².